The zero-order chi connectivity index (χ0) is 26.1. The first kappa shape index (κ1) is 25.8. The van der Waals surface area contributed by atoms with Crippen LogP contribution in [0.1, 0.15) is 35.8 Å². The van der Waals surface area contributed by atoms with Gasteiger partial charge in [0.2, 0.25) is 11.8 Å². The number of anilines is 1. The van der Waals surface area contributed by atoms with E-state index in [0.29, 0.717) is 11.3 Å². The molecular weight excluding hydrogens is 476 g/mol. The summed E-state index contributed by atoms with van der Waals surface area (Å²) in [6.45, 7) is 3.53. The van der Waals surface area contributed by atoms with Crippen molar-refractivity contribution < 1.29 is 34.5 Å². The van der Waals surface area contributed by atoms with Crippen LogP contribution >= 0.6 is 11.8 Å². The highest BCUT2D eigenvalue weighted by Gasteiger charge is 2.64. The lowest BCUT2D eigenvalue weighted by atomic mass is 9.95. The summed E-state index contributed by atoms with van der Waals surface area (Å²) < 4.78 is -0.648. The number of nitrogen functional groups attached to an aromatic ring is 1. The number of benzene rings is 2. The van der Waals surface area contributed by atoms with E-state index in [4.69, 9.17) is 16.6 Å². The molecule has 2 saturated heterocycles. The van der Waals surface area contributed by atoms with Gasteiger partial charge in [-0.2, -0.15) is 0 Å². The number of phenolic OH excluding ortho intramolecular Hbond substituents is 1. The predicted octanol–water partition coefficient (Wildman–Crippen LogP) is 0.991. The van der Waals surface area contributed by atoms with E-state index in [1.807, 2.05) is 0 Å². The van der Waals surface area contributed by atoms with Crippen LogP contribution in [0, 0.1) is 0 Å². The second-order valence-corrected chi connectivity index (χ2v) is 10.3. The van der Waals surface area contributed by atoms with Gasteiger partial charge in [0.25, 0.3) is 0 Å². The maximum absolute atomic E-state index is 12.3. The normalized spacial score (nSPS) is 22.7. The number of nitrogens with one attached hydrogen (secondary N) is 1. The molecule has 2 aromatic carbocycles. The Hall–Kier alpha value is -3.77. The molecule has 0 radical (unpaired) electrons. The molecule has 8 N–H and O–H groups in total. The van der Waals surface area contributed by atoms with E-state index in [1.165, 1.54) is 47.0 Å². The minimum absolute atomic E-state index is 0.0606. The first-order valence-electron chi connectivity index (χ1n) is 10.5. The van der Waals surface area contributed by atoms with Crippen molar-refractivity contribution in [1.82, 2.24) is 10.2 Å². The van der Waals surface area contributed by atoms with Crippen molar-refractivity contribution >= 4 is 41.2 Å². The van der Waals surface area contributed by atoms with E-state index in [0.717, 1.165) is 0 Å². The summed E-state index contributed by atoms with van der Waals surface area (Å²) in [5.41, 5.74) is 12.2. The first-order valence-corrected chi connectivity index (χ1v) is 11.4. The van der Waals surface area contributed by atoms with Crippen LogP contribution in [0.4, 0.5) is 5.69 Å². The number of para-hydroxylation sites is 1. The average Bonchev–Trinajstić information content (AvgIpc) is 3.05. The van der Waals surface area contributed by atoms with Crippen molar-refractivity contribution in [2.45, 2.75) is 42.1 Å². The Morgan fingerprint density at radius 3 is 2.20 bits per heavy atom. The second-order valence-electron chi connectivity index (χ2n) is 8.55. The number of aromatic carboxylic acids is 1. The van der Waals surface area contributed by atoms with Gasteiger partial charge < -0.3 is 37.0 Å². The number of rotatable bonds is 5. The number of thioether (sulfide) groups is 1. The number of carbonyl (C=O) groups excluding carboxylic acids is 2. The monoisotopic (exact) mass is 502 g/mol. The lowest BCUT2D eigenvalue weighted by molar-refractivity contribution is -0.161. The van der Waals surface area contributed by atoms with Crippen molar-refractivity contribution in [3.05, 3.63) is 59.7 Å². The van der Waals surface area contributed by atoms with Crippen molar-refractivity contribution in [3.63, 3.8) is 0 Å². The molecule has 2 amide bonds. The van der Waals surface area contributed by atoms with Crippen molar-refractivity contribution in [3.8, 4) is 5.75 Å². The molecule has 0 saturated carbocycles. The minimum Gasteiger partial charge on any atom is -0.508 e. The third kappa shape index (κ3) is 5.17. The number of carbonyl (C=O) groups is 4. The van der Waals surface area contributed by atoms with Crippen LogP contribution in [-0.2, 0) is 14.4 Å². The number of amides is 2. The first-order chi connectivity index (χ1) is 16.3. The number of phenols is 1. The standard InChI is InChI=1S/C16H19N3O5S.C7H7NO2/c1-16(2)11(15(23)24)19-13(22)10(14(19)25-16)18-12(21)9(17)7-3-5-8(20)6-4-7;8-6-4-2-1-3-5(6)7(9)10/h3-6,9-11,14,20H,17H2,1-2H3,(H,18,21)(H,23,24);1-4H,8H2,(H,9,10)/t9-,10-,11+,14-;/m1./s1. The van der Waals surface area contributed by atoms with E-state index in [-0.39, 0.29) is 11.3 Å². The Morgan fingerprint density at radius 1 is 1.09 bits per heavy atom. The molecule has 186 valence electrons. The van der Waals surface area contributed by atoms with Gasteiger partial charge in [0.05, 0.1) is 5.56 Å². The maximum atomic E-state index is 12.3. The fourth-order valence-corrected chi connectivity index (χ4v) is 5.54. The van der Waals surface area contributed by atoms with Crippen LogP contribution in [-0.4, -0.2) is 66.2 Å². The van der Waals surface area contributed by atoms with Gasteiger partial charge in [-0.15, -0.1) is 11.8 Å². The Bertz CT molecular complexity index is 1150. The molecule has 4 atom stereocenters. The molecule has 2 aliphatic heterocycles. The van der Waals surface area contributed by atoms with Crippen LogP contribution < -0.4 is 16.8 Å². The number of nitrogens with two attached hydrogens (primary N) is 2. The van der Waals surface area contributed by atoms with Gasteiger partial charge in [-0.1, -0.05) is 24.3 Å². The molecule has 0 unspecified atom stereocenters. The summed E-state index contributed by atoms with van der Waals surface area (Å²) in [5, 5.41) is 29.3. The van der Waals surface area contributed by atoms with Gasteiger partial charge in [-0.25, -0.2) is 9.59 Å². The second kappa shape index (κ2) is 9.84. The van der Waals surface area contributed by atoms with Gasteiger partial charge in [-0.05, 0) is 43.7 Å². The SMILES string of the molecule is CC1(C)S[C@@H]2[C@H](NC(=O)[C@H](N)c3ccc(O)cc3)C(=O)N2[C@H]1C(=O)O.Nc1ccccc1C(=O)O. The summed E-state index contributed by atoms with van der Waals surface area (Å²) in [5.74, 6) is -2.93. The topological polar surface area (TPSA) is 196 Å². The van der Waals surface area contributed by atoms with Gasteiger partial charge in [0.15, 0.2) is 0 Å². The molecular formula is C23H26N4O7S. The molecule has 0 bridgehead atoms. The molecule has 0 spiro atoms. The molecule has 4 rings (SSSR count). The van der Waals surface area contributed by atoms with Crippen LogP contribution in [0.5, 0.6) is 5.75 Å². The predicted molar refractivity (Wildman–Crippen MR) is 129 cm³/mol. The molecule has 12 heteroatoms. The van der Waals surface area contributed by atoms with Crippen LogP contribution in [0.15, 0.2) is 48.5 Å². The lowest BCUT2D eigenvalue weighted by Gasteiger charge is -2.43. The molecule has 0 aliphatic carbocycles. The van der Waals surface area contributed by atoms with E-state index in [2.05, 4.69) is 5.32 Å². The quantitative estimate of drug-likeness (QED) is 0.253. The van der Waals surface area contributed by atoms with E-state index in [1.54, 1.807) is 32.0 Å². The molecule has 2 aromatic rings. The number of hydrogen-bond acceptors (Lipinski definition) is 8. The third-order valence-corrected chi connectivity index (χ3v) is 7.27. The number of carboxylic acid groups (broad SMARTS) is 2. The van der Waals surface area contributed by atoms with Crippen LogP contribution in [0.2, 0.25) is 0 Å². The Kier molecular flexibility index (Phi) is 7.27. The Balaban J connectivity index is 0.000000287. The molecule has 2 aliphatic rings. The highest BCUT2D eigenvalue weighted by Crippen LogP contribution is 2.50. The molecule has 2 fully saturated rings. The van der Waals surface area contributed by atoms with Gasteiger partial charge in [0, 0.05) is 10.4 Å². The minimum atomic E-state index is -1.06. The number of hydrogen-bond donors (Lipinski definition) is 6. The third-order valence-electron chi connectivity index (χ3n) is 5.70. The lowest BCUT2D eigenvalue weighted by Crippen LogP contribution is -2.71. The number of fused-ring (bicyclic) bond motifs is 1. The number of nitrogens with zero attached hydrogens (tertiary/aromatic N) is 1. The number of aromatic hydroxyl groups is 1. The number of β-lactam (4-membered cyclic amide) rings is 1. The fraction of sp³-hybridized carbons (Fsp3) is 0.304. The fourth-order valence-electron chi connectivity index (χ4n) is 3.91. The van der Waals surface area contributed by atoms with Gasteiger partial charge in [-0.3, -0.25) is 9.59 Å². The maximum Gasteiger partial charge on any atom is 0.337 e. The molecule has 2 heterocycles. The number of carboxylic acids is 2. The number of aliphatic carboxylic acids is 1. The largest absolute Gasteiger partial charge is 0.508 e. The average molecular weight is 503 g/mol. The van der Waals surface area contributed by atoms with Crippen molar-refractivity contribution in [2.24, 2.45) is 5.73 Å². The van der Waals surface area contributed by atoms with E-state index >= 15 is 0 Å². The Morgan fingerprint density at radius 2 is 1.69 bits per heavy atom. The summed E-state index contributed by atoms with van der Waals surface area (Å²) >= 11 is 1.35. The highest BCUT2D eigenvalue weighted by molar-refractivity contribution is 8.01. The zero-order valence-corrected chi connectivity index (χ0v) is 19.7. The molecule has 35 heavy (non-hydrogen) atoms. The summed E-state index contributed by atoms with van der Waals surface area (Å²) in [7, 11) is 0. The summed E-state index contributed by atoms with van der Waals surface area (Å²) in [6.07, 6.45) is 0. The Labute approximate surface area is 205 Å². The van der Waals surface area contributed by atoms with Crippen molar-refractivity contribution in [2.75, 3.05) is 5.73 Å². The highest BCUT2D eigenvalue weighted by atomic mass is 32.2. The van der Waals surface area contributed by atoms with Crippen LogP contribution in [0.25, 0.3) is 0 Å². The van der Waals surface area contributed by atoms with Gasteiger partial charge in [0.1, 0.15) is 29.2 Å². The van der Waals surface area contributed by atoms with Crippen LogP contribution in [0.3, 0.4) is 0 Å². The van der Waals surface area contributed by atoms with E-state index in [9.17, 15) is 29.4 Å². The molecule has 0 aromatic heterocycles. The van der Waals surface area contributed by atoms with E-state index < -0.39 is 52.0 Å². The summed E-state index contributed by atoms with van der Waals surface area (Å²) in [4.78, 5) is 47.8. The smallest absolute Gasteiger partial charge is 0.337 e. The zero-order valence-electron chi connectivity index (χ0n) is 18.9. The summed E-state index contributed by atoms with van der Waals surface area (Å²) in [6, 6.07) is 9.57. The van der Waals surface area contributed by atoms with Gasteiger partial charge >= 0.3 is 11.9 Å². The van der Waals surface area contributed by atoms with Crippen molar-refractivity contribution in [1.29, 1.82) is 0 Å². The molecule has 11 nitrogen and oxygen atoms in total.